The van der Waals surface area contributed by atoms with Gasteiger partial charge in [-0.3, -0.25) is 0 Å². The van der Waals surface area contributed by atoms with Crippen molar-refractivity contribution in [3.8, 4) is 0 Å². The molecule has 1 fully saturated rings. The molecule has 94 valence electrons. The van der Waals surface area contributed by atoms with Crippen LogP contribution in [-0.2, 0) is 6.42 Å². The van der Waals surface area contributed by atoms with Crippen molar-refractivity contribution in [1.82, 2.24) is 5.32 Å². The van der Waals surface area contributed by atoms with Crippen LogP contribution in [0.5, 0.6) is 0 Å². The number of aliphatic hydroxyl groups excluding tert-OH is 1. The lowest BCUT2D eigenvalue weighted by molar-refractivity contribution is 0.0450. The number of halogens is 1. The van der Waals surface area contributed by atoms with E-state index in [1.165, 1.54) is 12.5 Å². The molecule has 0 aromatic heterocycles. The highest BCUT2D eigenvalue weighted by Gasteiger charge is 2.35. The highest BCUT2D eigenvalue weighted by Crippen LogP contribution is 2.39. The van der Waals surface area contributed by atoms with Crippen LogP contribution in [0.15, 0.2) is 24.3 Å². The summed E-state index contributed by atoms with van der Waals surface area (Å²) in [5, 5.41) is 12.6. The molecule has 0 heterocycles. The van der Waals surface area contributed by atoms with E-state index in [-0.39, 0.29) is 17.8 Å². The van der Waals surface area contributed by atoms with Gasteiger partial charge in [-0.25, -0.2) is 4.39 Å². The van der Waals surface area contributed by atoms with Crippen LogP contribution in [0.1, 0.15) is 24.8 Å². The van der Waals surface area contributed by atoms with Gasteiger partial charge < -0.3 is 10.4 Å². The average Bonchev–Trinajstić information content (AvgIpc) is 2.29. The van der Waals surface area contributed by atoms with E-state index in [2.05, 4.69) is 5.32 Å². The maximum absolute atomic E-state index is 13.3. The van der Waals surface area contributed by atoms with Crippen LogP contribution in [0.2, 0.25) is 0 Å². The Hall–Kier alpha value is -0.930. The molecule has 1 saturated carbocycles. The van der Waals surface area contributed by atoms with Crippen molar-refractivity contribution in [2.75, 3.05) is 19.7 Å². The summed E-state index contributed by atoms with van der Waals surface area (Å²) in [5.74, 6) is -0.130. The molecular formula is C14H20FNO. The topological polar surface area (TPSA) is 32.3 Å². The first-order valence-electron chi connectivity index (χ1n) is 6.31. The van der Waals surface area contributed by atoms with Gasteiger partial charge in [0.2, 0.25) is 0 Å². The molecule has 1 aliphatic rings. The van der Waals surface area contributed by atoms with Crippen molar-refractivity contribution < 1.29 is 9.50 Å². The van der Waals surface area contributed by atoms with Gasteiger partial charge in [-0.05, 0) is 37.4 Å². The molecule has 2 N–H and O–H groups in total. The fourth-order valence-electron chi connectivity index (χ4n) is 2.35. The predicted octanol–water partition coefficient (Wildman–Crippen LogP) is 2.12. The molecule has 0 atom stereocenters. The summed E-state index contributed by atoms with van der Waals surface area (Å²) < 4.78 is 13.3. The van der Waals surface area contributed by atoms with Gasteiger partial charge in [0.05, 0.1) is 0 Å². The van der Waals surface area contributed by atoms with Crippen LogP contribution < -0.4 is 5.32 Å². The van der Waals surface area contributed by atoms with Gasteiger partial charge >= 0.3 is 0 Å². The monoisotopic (exact) mass is 237 g/mol. The molecule has 0 amide bonds. The first-order valence-corrected chi connectivity index (χ1v) is 6.31. The molecule has 0 radical (unpaired) electrons. The van der Waals surface area contributed by atoms with Gasteiger partial charge in [0.15, 0.2) is 0 Å². The zero-order valence-electron chi connectivity index (χ0n) is 10.1. The van der Waals surface area contributed by atoms with Crippen LogP contribution in [0.4, 0.5) is 4.39 Å². The summed E-state index contributed by atoms with van der Waals surface area (Å²) in [6, 6.07) is 6.89. The van der Waals surface area contributed by atoms with Crippen molar-refractivity contribution in [2.45, 2.75) is 25.7 Å². The Kier molecular flexibility index (Phi) is 4.13. The van der Waals surface area contributed by atoms with E-state index in [0.29, 0.717) is 6.42 Å². The molecular weight excluding hydrogens is 217 g/mol. The van der Waals surface area contributed by atoms with Crippen molar-refractivity contribution in [2.24, 2.45) is 5.41 Å². The van der Waals surface area contributed by atoms with Gasteiger partial charge in [0.25, 0.3) is 0 Å². The first kappa shape index (κ1) is 12.5. The van der Waals surface area contributed by atoms with E-state index >= 15 is 0 Å². The average molecular weight is 237 g/mol. The molecule has 2 rings (SSSR count). The third-order valence-corrected chi connectivity index (χ3v) is 3.78. The standard InChI is InChI=1S/C14H20FNO/c15-13-5-2-1-4-12(13)6-9-16-10-14(11-17)7-3-8-14/h1-2,4-5,16-17H,3,6-11H2. The van der Waals surface area contributed by atoms with Gasteiger partial charge in [0.1, 0.15) is 5.82 Å². The Morgan fingerprint density at radius 1 is 1.29 bits per heavy atom. The van der Waals surface area contributed by atoms with E-state index in [9.17, 15) is 9.50 Å². The van der Waals surface area contributed by atoms with Gasteiger partial charge in [-0.2, -0.15) is 0 Å². The summed E-state index contributed by atoms with van der Waals surface area (Å²) in [5.41, 5.74) is 0.863. The maximum Gasteiger partial charge on any atom is 0.126 e. The third-order valence-electron chi connectivity index (χ3n) is 3.78. The molecule has 0 spiro atoms. The molecule has 0 unspecified atom stereocenters. The maximum atomic E-state index is 13.3. The number of benzene rings is 1. The van der Waals surface area contributed by atoms with Crippen molar-refractivity contribution in [3.63, 3.8) is 0 Å². The molecule has 0 bridgehead atoms. The zero-order chi connectivity index (χ0) is 12.1. The highest BCUT2D eigenvalue weighted by molar-refractivity contribution is 5.17. The summed E-state index contributed by atoms with van der Waals surface area (Å²) in [7, 11) is 0. The first-order chi connectivity index (χ1) is 8.26. The normalized spacial score (nSPS) is 17.8. The van der Waals surface area contributed by atoms with Crippen LogP contribution in [0.3, 0.4) is 0 Å². The molecule has 0 saturated heterocycles. The minimum Gasteiger partial charge on any atom is -0.396 e. The Bertz CT molecular complexity index is 357. The lowest BCUT2D eigenvalue weighted by atomic mass is 9.69. The molecule has 1 aliphatic carbocycles. The number of aliphatic hydroxyl groups is 1. The van der Waals surface area contributed by atoms with E-state index in [1.54, 1.807) is 6.07 Å². The Morgan fingerprint density at radius 3 is 2.65 bits per heavy atom. The van der Waals surface area contributed by atoms with E-state index in [1.807, 2.05) is 12.1 Å². The summed E-state index contributed by atoms with van der Waals surface area (Å²) in [6.07, 6.45) is 4.14. The van der Waals surface area contributed by atoms with E-state index < -0.39 is 0 Å². The minimum atomic E-state index is -0.130. The number of nitrogens with one attached hydrogen (secondary N) is 1. The van der Waals surface area contributed by atoms with Crippen molar-refractivity contribution >= 4 is 0 Å². The van der Waals surface area contributed by atoms with Gasteiger partial charge in [-0.1, -0.05) is 24.6 Å². The fourth-order valence-corrected chi connectivity index (χ4v) is 2.35. The molecule has 1 aromatic carbocycles. The second-order valence-electron chi connectivity index (χ2n) is 5.03. The van der Waals surface area contributed by atoms with Gasteiger partial charge in [0, 0.05) is 18.6 Å². The quantitative estimate of drug-likeness (QED) is 0.743. The van der Waals surface area contributed by atoms with Crippen LogP contribution in [0.25, 0.3) is 0 Å². The lowest BCUT2D eigenvalue weighted by Gasteiger charge is -2.40. The summed E-state index contributed by atoms with van der Waals surface area (Å²) in [4.78, 5) is 0. The summed E-state index contributed by atoms with van der Waals surface area (Å²) in [6.45, 7) is 1.88. The second-order valence-corrected chi connectivity index (χ2v) is 5.03. The number of hydrogen-bond acceptors (Lipinski definition) is 2. The van der Waals surface area contributed by atoms with Crippen LogP contribution >= 0.6 is 0 Å². The lowest BCUT2D eigenvalue weighted by Crippen LogP contribution is -2.43. The minimum absolute atomic E-state index is 0.106. The zero-order valence-corrected chi connectivity index (χ0v) is 10.1. The van der Waals surface area contributed by atoms with Crippen LogP contribution in [-0.4, -0.2) is 24.8 Å². The van der Waals surface area contributed by atoms with Crippen molar-refractivity contribution in [3.05, 3.63) is 35.6 Å². The molecule has 1 aromatic rings. The third kappa shape index (κ3) is 3.05. The largest absolute Gasteiger partial charge is 0.396 e. The highest BCUT2D eigenvalue weighted by atomic mass is 19.1. The number of rotatable bonds is 6. The van der Waals surface area contributed by atoms with Gasteiger partial charge in [-0.15, -0.1) is 0 Å². The van der Waals surface area contributed by atoms with Crippen LogP contribution in [0, 0.1) is 11.2 Å². The number of hydrogen-bond donors (Lipinski definition) is 2. The Labute approximate surface area is 102 Å². The SMILES string of the molecule is OCC1(CNCCc2ccccc2F)CCC1. The Morgan fingerprint density at radius 2 is 2.06 bits per heavy atom. The second kappa shape index (κ2) is 5.61. The predicted molar refractivity (Wildman–Crippen MR) is 66.3 cm³/mol. The molecule has 2 nitrogen and oxygen atoms in total. The fraction of sp³-hybridized carbons (Fsp3) is 0.571. The Balaban J connectivity index is 1.71. The van der Waals surface area contributed by atoms with Crippen molar-refractivity contribution in [1.29, 1.82) is 0 Å². The smallest absolute Gasteiger partial charge is 0.126 e. The van der Waals surface area contributed by atoms with E-state index in [4.69, 9.17) is 0 Å². The molecule has 3 heteroatoms. The van der Waals surface area contributed by atoms with E-state index in [0.717, 1.165) is 31.5 Å². The molecule has 17 heavy (non-hydrogen) atoms. The molecule has 0 aliphatic heterocycles. The summed E-state index contributed by atoms with van der Waals surface area (Å²) >= 11 is 0.